The molecule has 90 valence electrons. The highest BCUT2D eigenvalue weighted by Crippen LogP contribution is 2.20. The molecule has 3 rings (SSSR count). The first kappa shape index (κ1) is 10.9. The first-order valence-corrected chi connectivity index (χ1v) is 6.04. The molecule has 18 heavy (non-hydrogen) atoms. The van der Waals surface area contributed by atoms with Gasteiger partial charge in [0.1, 0.15) is 5.69 Å². The SMILES string of the molecule is O=C1C=C(n2ncc(-c3ccccc3)n2)CCC1. The summed E-state index contributed by atoms with van der Waals surface area (Å²) in [6.45, 7) is 0. The van der Waals surface area contributed by atoms with Crippen LogP contribution in [0.25, 0.3) is 17.0 Å². The number of hydrogen-bond donors (Lipinski definition) is 0. The van der Waals surface area contributed by atoms with Gasteiger partial charge in [-0.1, -0.05) is 30.3 Å². The van der Waals surface area contributed by atoms with Gasteiger partial charge in [0.2, 0.25) is 0 Å². The second kappa shape index (κ2) is 4.56. The van der Waals surface area contributed by atoms with Crippen molar-refractivity contribution in [2.45, 2.75) is 19.3 Å². The zero-order chi connectivity index (χ0) is 12.4. The third-order valence-electron chi connectivity index (χ3n) is 3.00. The number of carbonyl (C=O) groups excluding carboxylic acids is 1. The van der Waals surface area contributed by atoms with Crippen molar-refractivity contribution in [3.8, 4) is 11.3 Å². The smallest absolute Gasteiger partial charge is 0.157 e. The minimum atomic E-state index is 0.162. The Morgan fingerprint density at radius 3 is 2.72 bits per heavy atom. The molecule has 0 saturated heterocycles. The summed E-state index contributed by atoms with van der Waals surface area (Å²) in [6.07, 6.45) is 5.76. The van der Waals surface area contributed by atoms with Crippen LogP contribution in [-0.4, -0.2) is 20.8 Å². The molecule has 0 unspecified atom stereocenters. The van der Waals surface area contributed by atoms with Gasteiger partial charge in [-0.15, -0.1) is 5.10 Å². The lowest BCUT2D eigenvalue weighted by Crippen LogP contribution is -2.09. The normalized spacial score (nSPS) is 15.6. The van der Waals surface area contributed by atoms with E-state index in [0.29, 0.717) is 6.42 Å². The molecular formula is C14H13N3O. The van der Waals surface area contributed by atoms with Gasteiger partial charge in [0.05, 0.1) is 11.9 Å². The Morgan fingerprint density at radius 2 is 1.94 bits per heavy atom. The molecule has 0 spiro atoms. The lowest BCUT2D eigenvalue weighted by molar-refractivity contribution is -0.114. The molecule has 0 bridgehead atoms. The Bertz CT molecular complexity index is 599. The first-order chi connectivity index (χ1) is 8.83. The van der Waals surface area contributed by atoms with Crippen LogP contribution >= 0.6 is 0 Å². The molecule has 0 atom stereocenters. The summed E-state index contributed by atoms with van der Waals surface area (Å²) >= 11 is 0. The van der Waals surface area contributed by atoms with E-state index in [1.807, 2.05) is 30.3 Å². The summed E-state index contributed by atoms with van der Waals surface area (Å²) in [5, 5.41) is 8.66. The molecule has 0 fully saturated rings. The molecule has 1 aliphatic rings. The Labute approximate surface area is 105 Å². The van der Waals surface area contributed by atoms with Crippen molar-refractivity contribution in [1.82, 2.24) is 15.0 Å². The first-order valence-electron chi connectivity index (χ1n) is 6.04. The third kappa shape index (κ3) is 2.09. The average Bonchev–Trinajstić information content (AvgIpc) is 2.89. The van der Waals surface area contributed by atoms with Crippen LogP contribution in [0.1, 0.15) is 19.3 Å². The third-order valence-corrected chi connectivity index (χ3v) is 3.00. The van der Waals surface area contributed by atoms with Gasteiger partial charge >= 0.3 is 0 Å². The number of hydrogen-bond acceptors (Lipinski definition) is 3. The molecule has 1 heterocycles. The Hall–Kier alpha value is -2.23. The predicted octanol–water partition coefficient (Wildman–Crippen LogP) is 2.54. The van der Waals surface area contributed by atoms with E-state index in [2.05, 4.69) is 10.2 Å². The van der Waals surface area contributed by atoms with E-state index in [4.69, 9.17) is 0 Å². The zero-order valence-corrected chi connectivity index (χ0v) is 9.91. The molecule has 0 saturated carbocycles. The molecule has 0 N–H and O–H groups in total. The van der Waals surface area contributed by atoms with Crippen LogP contribution in [0.5, 0.6) is 0 Å². The molecule has 0 amide bonds. The van der Waals surface area contributed by atoms with Gasteiger partial charge in [-0.3, -0.25) is 4.79 Å². The fourth-order valence-electron chi connectivity index (χ4n) is 2.07. The van der Waals surface area contributed by atoms with Crippen molar-refractivity contribution in [3.05, 3.63) is 42.6 Å². The maximum atomic E-state index is 11.4. The molecule has 4 heteroatoms. The van der Waals surface area contributed by atoms with Crippen LogP contribution in [-0.2, 0) is 4.79 Å². The number of nitrogens with zero attached hydrogens (tertiary/aromatic N) is 3. The summed E-state index contributed by atoms with van der Waals surface area (Å²) in [6, 6.07) is 9.90. The highest BCUT2D eigenvalue weighted by Gasteiger charge is 2.13. The monoisotopic (exact) mass is 239 g/mol. The van der Waals surface area contributed by atoms with E-state index < -0.39 is 0 Å². The van der Waals surface area contributed by atoms with Crippen LogP contribution in [0.4, 0.5) is 0 Å². The number of rotatable bonds is 2. The lowest BCUT2D eigenvalue weighted by Gasteiger charge is -2.09. The van der Waals surface area contributed by atoms with Crippen molar-refractivity contribution in [2.24, 2.45) is 0 Å². The highest BCUT2D eigenvalue weighted by atomic mass is 16.1. The fraction of sp³-hybridized carbons (Fsp3) is 0.214. The topological polar surface area (TPSA) is 47.8 Å². The number of allylic oxidation sites excluding steroid dienone is 2. The van der Waals surface area contributed by atoms with Gasteiger partial charge in [-0.05, 0) is 12.8 Å². The Kier molecular flexibility index (Phi) is 2.76. The molecular weight excluding hydrogens is 226 g/mol. The van der Waals surface area contributed by atoms with Crippen molar-refractivity contribution >= 4 is 11.5 Å². The highest BCUT2D eigenvalue weighted by molar-refractivity contribution is 5.95. The second-order valence-electron chi connectivity index (χ2n) is 4.34. The summed E-state index contributed by atoms with van der Waals surface area (Å²) < 4.78 is 0. The molecule has 2 aromatic rings. The number of carbonyl (C=O) groups is 1. The van der Waals surface area contributed by atoms with Crippen LogP contribution in [0.3, 0.4) is 0 Å². The largest absolute Gasteiger partial charge is 0.295 e. The minimum Gasteiger partial charge on any atom is -0.295 e. The van der Waals surface area contributed by atoms with E-state index in [1.165, 1.54) is 0 Å². The summed E-state index contributed by atoms with van der Waals surface area (Å²) in [5.41, 5.74) is 2.74. The standard InChI is InChI=1S/C14H13N3O/c18-13-8-4-7-12(9-13)17-15-10-14(16-17)11-5-2-1-3-6-11/h1-3,5-6,9-10H,4,7-8H2. The number of ketones is 1. The van der Waals surface area contributed by atoms with E-state index in [9.17, 15) is 4.79 Å². The minimum absolute atomic E-state index is 0.162. The fourth-order valence-corrected chi connectivity index (χ4v) is 2.07. The van der Waals surface area contributed by atoms with Gasteiger partial charge in [0.15, 0.2) is 5.78 Å². The van der Waals surface area contributed by atoms with Crippen LogP contribution < -0.4 is 0 Å². The van der Waals surface area contributed by atoms with Gasteiger partial charge in [0, 0.05) is 18.1 Å². The van der Waals surface area contributed by atoms with Crippen molar-refractivity contribution in [1.29, 1.82) is 0 Å². The second-order valence-corrected chi connectivity index (χ2v) is 4.34. The molecule has 0 aliphatic heterocycles. The van der Waals surface area contributed by atoms with E-state index in [0.717, 1.165) is 29.8 Å². The number of benzene rings is 1. The van der Waals surface area contributed by atoms with E-state index in [-0.39, 0.29) is 5.78 Å². The van der Waals surface area contributed by atoms with Crippen LogP contribution in [0.15, 0.2) is 42.6 Å². The van der Waals surface area contributed by atoms with Gasteiger partial charge in [-0.2, -0.15) is 9.90 Å². The lowest BCUT2D eigenvalue weighted by atomic mass is 10.0. The molecule has 0 radical (unpaired) electrons. The molecule has 1 aromatic carbocycles. The zero-order valence-electron chi connectivity index (χ0n) is 9.91. The predicted molar refractivity (Wildman–Crippen MR) is 68.6 cm³/mol. The Balaban J connectivity index is 1.93. The Morgan fingerprint density at radius 1 is 1.11 bits per heavy atom. The van der Waals surface area contributed by atoms with Gasteiger partial charge < -0.3 is 0 Å². The van der Waals surface area contributed by atoms with Gasteiger partial charge in [0.25, 0.3) is 0 Å². The quantitative estimate of drug-likeness (QED) is 0.809. The average molecular weight is 239 g/mol. The van der Waals surface area contributed by atoms with Crippen molar-refractivity contribution in [3.63, 3.8) is 0 Å². The molecule has 1 aliphatic carbocycles. The summed E-state index contributed by atoms with van der Waals surface area (Å²) in [4.78, 5) is 12.9. The van der Waals surface area contributed by atoms with Crippen molar-refractivity contribution < 1.29 is 4.79 Å². The van der Waals surface area contributed by atoms with E-state index in [1.54, 1.807) is 17.1 Å². The maximum Gasteiger partial charge on any atom is 0.157 e. The molecule has 1 aromatic heterocycles. The molecule has 4 nitrogen and oxygen atoms in total. The van der Waals surface area contributed by atoms with Crippen molar-refractivity contribution in [2.75, 3.05) is 0 Å². The van der Waals surface area contributed by atoms with E-state index >= 15 is 0 Å². The summed E-state index contributed by atoms with van der Waals surface area (Å²) in [7, 11) is 0. The van der Waals surface area contributed by atoms with Gasteiger partial charge in [-0.25, -0.2) is 0 Å². The van der Waals surface area contributed by atoms with Crippen LogP contribution in [0, 0.1) is 0 Å². The number of aromatic nitrogens is 3. The maximum absolute atomic E-state index is 11.4. The van der Waals surface area contributed by atoms with Crippen LogP contribution in [0.2, 0.25) is 0 Å². The summed E-state index contributed by atoms with van der Waals surface area (Å²) in [5.74, 6) is 0.162.